The van der Waals surface area contributed by atoms with E-state index in [1.165, 1.54) is 39.3 Å². The molecular weight excluding hydrogens is 436 g/mol. The fraction of sp³-hybridized carbons (Fsp3) is 0.348. The molecule has 1 aromatic heterocycles. The fourth-order valence-corrected chi connectivity index (χ4v) is 3.69. The van der Waals surface area contributed by atoms with Gasteiger partial charge in [-0.2, -0.15) is 0 Å². The molecule has 1 saturated heterocycles. The summed E-state index contributed by atoms with van der Waals surface area (Å²) in [6.45, 7) is 1.52. The highest BCUT2D eigenvalue weighted by atomic mass is 16.7. The smallest absolute Gasteiger partial charge is 0.229 e. The van der Waals surface area contributed by atoms with Crippen molar-refractivity contribution >= 4 is 11.0 Å². The zero-order chi connectivity index (χ0) is 23.9. The van der Waals surface area contributed by atoms with Gasteiger partial charge in [-0.3, -0.25) is 4.79 Å². The second kappa shape index (κ2) is 8.91. The second-order valence-corrected chi connectivity index (χ2v) is 7.66. The van der Waals surface area contributed by atoms with Crippen LogP contribution in [0.1, 0.15) is 6.92 Å². The van der Waals surface area contributed by atoms with Crippen molar-refractivity contribution in [3.05, 3.63) is 46.6 Å². The lowest BCUT2D eigenvalue weighted by Gasteiger charge is -2.38. The molecule has 0 radical (unpaired) electrons. The molecule has 1 aliphatic heterocycles. The molecule has 0 amide bonds. The lowest BCUT2D eigenvalue weighted by Crippen LogP contribution is -2.58. The molecule has 4 rings (SSSR count). The number of phenolic OH excluding ortho intramolecular Hbond substituents is 1. The Morgan fingerprint density at radius 1 is 0.909 bits per heavy atom. The number of ether oxygens (including phenoxy) is 4. The van der Waals surface area contributed by atoms with Crippen LogP contribution < -0.4 is 19.6 Å². The van der Waals surface area contributed by atoms with Crippen molar-refractivity contribution in [1.29, 1.82) is 0 Å². The molecule has 5 atom stereocenters. The molecule has 176 valence electrons. The van der Waals surface area contributed by atoms with Gasteiger partial charge in [0.1, 0.15) is 46.5 Å². The Kier molecular flexibility index (Phi) is 6.17. The van der Waals surface area contributed by atoms with Crippen LogP contribution in [0.15, 0.2) is 45.6 Å². The molecule has 10 heteroatoms. The maximum absolute atomic E-state index is 12.7. The predicted molar refractivity (Wildman–Crippen MR) is 116 cm³/mol. The van der Waals surface area contributed by atoms with Crippen molar-refractivity contribution in [1.82, 2.24) is 0 Å². The summed E-state index contributed by atoms with van der Waals surface area (Å²) < 4.78 is 27.4. The van der Waals surface area contributed by atoms with Crippen LogP contribution in [-0.2, 0) is 4.74 Å². The van der Waals surface area contributed by atoms with Crippen LogP contribution in [0, 0.1) is 0 Å². The summed E-state index contributed by atoms with van der Waals surface area (Å²) in [6, 6.07) is 8.77. The number of phenols is 1. The summed E-state index contributed by atoms with van der Waals surface area (Å²) in [6.07, 6.45) is -6.44. The third-order valence-electron chi connectivity index (χ3n) is 5.51. The van der Waals surface area contributed by atoms with Gasteiger partial charge in [-0.1, -0.05) is 0 Å². The van der Waals surface area contributed by atoms with Gasteiger partial charge >= 0.3 is 0 Å². The van der Waals surface area contributed by atoms with E-state index in [-0.39, 0.29) is 22.5 Å². The maximum Gasteiger partial charge on any atom is 0.229 e. The predicted octanol–water partition coefficient (Wildman–Crippen LogP) is 1.39. The summed E-state index contributed by atoms with van der Waals surface area (Å²) in [5.41, 5.74) is 0.0850. The largest absolute Gasteiger partial charge is 0.507 e. The third kappa shape index (κ3) is 4.21. The number of rotatable bonds is 5. The Balaban J connectivity index is 1.73. The summed E-state index contributed by atoms with van der Waals surface area (Å²) in [4.78, 5) is 12.7. The highest BCUT2D eigenvalue weighted by Crippen LogP contribution is 2.35. The second-order valence-electron chi connectivity index (χ2n) is 7.66. The summed E-state index contributed by atoms with van der Waals surface area (Å²) in [7, 11) is 2.99. The molecule has 0 unspecified atom stereocenters. The van der Waals surface area contributed by atoms with Gasteiger partial charge in [0.2, 0.25) is 6.29 Å². The van der Waals surface area contributed by atoms with E-state index in [0.717, 1.165) is 0 Å². The van der Waals surface area contributed by atoms with Crippen molar-refractivity contribution in [2.45, 2.75) is 37.6 Å². The number of fused-ring (bicyclic) bond motifs is 1. The third-order valence-corrected chi connectivity index (χ3v) is 5.51. The van der Waals surface area contributed by atoms with Gasteiger partial charge in [0.25, 0.3) is 0 Å². The van der Waals surface area contributed by atoms with Gasteiger partial charge in [0, 0.05) is 23.8 Å². The molecular formula is C23H24O10. The van der Waals surface area contributed by atoms with E-state index in [1.807, 2.05) is 0 Å². The van der Waals surface area contributed by atoms with Gasteiger partial charge < -0.3 is 43.8 Å². The van der Waals surface area contributed by atoms with Gasteiger partial charge in [-0.25, -0.2) is 0 Å². The SMILES string of the molecule is COc1ccc(-c2cc(=O)c3c(O)cc(O[C@@H]4O[C@H](C)[C@@H](O)[C@H](O)[C@@H]4O)cc3o2)cc1OC. The highest BCUT2D eigenvalue weighted by Gasteiger charge is 2.43. The number of hydrogen-bond donors (Lipinski definition) is 4. The van der Waals surface area contributed by atoms with E-state index in [9.17, 15) is 25.2 Å². The number of aliphatic hydroxyl groups excluding tert-OH is 3. The molecule has 0 bridgehead atoms. The minimum Gasteiger partial charge on any atom is -0.507 e. The molecule has 1 fully saturated rings. The summed E-state index contributed by atoms with van der Waals surface area (Å²) in [5.74, 6) is 0.786. The first kappa shape index (κ1) is 22.9. The monoisotopic (exact) mass is 460 g/mol. The van der Waals surface area contributed by atoms with Crippen LogP contribution in [0.3, 0.4) is 0 Å². The summed E-state index contributed by atoms with van der Waals surface area (Å²) >= 11 is 0. The molecule has 0 aliphatic carbocycles. The molecule has 3 aromatic rings. The molecule has 33 heavy (non-hydrogen) atoms. The quantitative estimate of drug-likeness (QED) is 0.440. The Labute approximate surface area is 188 Å². The molecule has 1 aliphatic rings. The Bertz CT molecular complexity index is 1220. The number of hydrogen-bond acceptors (Lipinski definition) is 10. The van der Waals surface area contributed by atoms with Gasteiger partial charge in [0.15, 0.2) is 16.9 Å². The van der Waals surface area contributed by atoms with E-state index in [4.69, 9.17) is 23.4 Å². The van der Waals surface area contributed by atoms with Crippen molar-refractivity contribution in [2.24, 2.45) is 0 Å². The van der Waals surface area contributed by atoms with Crippen LogP contribution in [-0.4, -0.2) is 65.4 Å². The van der Waals surface area contributed by atoms with Crippen molar-refractivity contribution in [3.63, 3.8) is 0 Å². The van der Waals surface area contributed by atoms with Gasteiger partial charge in [0.05, 0.1) is 20.3 Å². The van der Waals surface area contributed by atoms with E-state index >= 15 is 0 Å². The van der Waals surface area contributed by atoms with Crippen LogP contribution >= 0.6 is 0 Å². The van der Waals surface area contributed by atoms with Crippen molar-refractivity contribution in [3.8, 4) is 34.3 Å². The fourth-order valence-electron chi connectivity index (χ4n) is 3.69. The molecule has 0 spiro atoms. The highest BCUT2D eigenvalue weighted by molar-refractivity contribution is 5.86. The summed E-state index contributed by atoms with van der Waals surface area (Å²) in [5, 5.41) is 40.4. The van der Waals surface area contributed by atoms with E-state index < -0.39 is 41.9 Å². The number of aliphatic hydroxyl groups is 3. The number of aromatic hydroxyl groups is 1. The standard InChI is InChI=1S/C23H24O10/c1-10-20(26)21(27)22(28)23(31-10)32-12-7-13(24)19-14(25)9-16(33-18(19)8-12)11-4-5-15(29-2)17(6-11)30-3/h4-10,20-24,26-28H,1-3H3/t10-,20-,21+,22+,23+/m1/s1. The van der Waals surface area contributed by atoms with Gasteiger partial charge in [-0.05, 0) is 25.1 Å². The average Bonchev–Trinajstić information content (AvgIpc) is 2.80. The minimum absolute atomic E-state index is 0.0208. The first-order valence-electron chi connectivity index (χ1n) is 10.1. The van der Waals surface area contributed by atoms with Crippen LogP contribution in [0.4, 0.5) is 0 Å². The Morgan fingerprint density at radius 3 is 2.33 bits per heavy atom. The van der Waals surface area contributed by atoms with Crippen LogP contribution in [0.2, 0.25) is 0 Å². The Morgan fingerprint density at radius 2 is 1.64 bits per heavy atom. The minimum atomic E-state index is -1.54. The molecule has 2 heterocycles. The lowest BCUT2D eigenvalue weighted by atomic mass is 10.00. The number of benzene rings is 2. The van der Waals surface area contributed by atoms with Crippen molar-refractivity contribution in [2.75, 3.05) is 14.2 Å². The Hall–Kier alpha value is -3.31. The molecule has 0 saturated carbocycles. The van der Waals surface area contributed by atoms with Crippen molar-refractivity contribution < 1.29 is 43.8 Å². The number of methoxy groups -OCH3 is 2. The normalized spacial score (nSPS) is 25.1. The molecule has 4 N–H and O–H groups in total. The maximum atomic E-state index is 12.7. The van der Waals surface area contributed by atoms with E-state index in [1.54, 1.807) is 18.2 Å². The van der Waals surface area contributed by atoms with Gasteiger partial charge in [-0.15, -0.1) is 0 Å². The van der Waals surface area contributed by atoms with E-state index in [0.29, 0.717) is 17.1 Å². The molecule has 2 aromatic carbocycles. The first-order valence-corrected chi connectivity index (χ1v) is 10.1. The first-order chi connectivity index (χ1) is 15.7. The lowest BCUT2D eigenvalue weighted by molar-refractivity contribution is -0.268. The van der Waals surface area contributed by atoms with Crippen LogP contribution in [0.5, 0.6) is 23.0 Å². The zero-order valence-electron chi connectivity index (χ0n) is 18.1. The van der Waals surface area contributed by atoms with E-state index in [2.05, 4.69) is 0 Å². The molecule has 10 nitrogen and oxygen atoms in total. The zero-order valence-corrected chi connectivity index (χ0v) is 18.1. The van der Waals surface area contributed by atoms with Crippen LogP contribution in [0.25, 0.3) is 22.3 Å². The average molecular weight is 460 g/mol. The topological polar surface area (TPSA) is 148 Å².